The number of urea groups is 1. The van der Waals surface area contributed by atoms with Crippen molar-refractivity contribution in [3.8, 4) is 0 Å². The molecule has 0 aliphatic carbocycles. The van der Waals surface area contributed by atoms with Gasteiger partial charge in [-0.1, -0.05) is 38.1 Å². The number of nitrogens with zero attached hydrogens (tertiary/aromatic N) is 1. The summed E-state index contributed by atoms with van der Waals surface area (Å²) in [5.74, 6) is -1.47. The zero-order valence-electron chi connectivity index (χ0n) is 14.6. The van der Waals surface area contributed by atoms with Crippen molar-refractivity contribution < 1.29 is 27.6 Å². The molecule has 0 bridgehead atoms. The molecule has 1 fully saturated rings. The van der Waals surface area contributed by atoms with Gasteiger partial charge in [0, 0.05) is 0 Å². The van der Waals surface area contributed by atoms with Crippen LogP contribution in [0.25, 0.3) is 0 Å². The van der Waals surface area contributed by atoms with Crippen molar-refractivity contribution in [1.29, 1.82) is 0 Å². The Morgan fingerprint density at radius 1 is 1.23 bits per heavy atom. The third kappa shape index (κ3) is 4.14. The van der Waals surface area contributed by atoms with Gasteiger partial charge in [0.15, 0.2) is 0 Å². The predicted octanol–water partition coefficient (Wildman–Crippen LogP) is 2.26. The minimum absolute atomic E-state index is 0.291. The van der Waals surface area contributed by atoms with Crippen molar-refractivity contribution >= 4 is 17.8 Å². The highest BCUT2D eigenvalue weighted by molar-refractivity contribution is 6.09. The van der Waals surface area contributed by atoms with Crippen molar-refractivity contribution in [3.63, 3.8) is 0 Å². The SMILES string of the molecule is CC(C)c1ccc(C2(C)NC(=O)N(CC(=O)NCC(F)(F)F)C2=O)cc1. The predicted molar refractivity (Wildman–Crippen MR) is 87.2 cm³/mol. The van der Waals surface area contributed by atoms with Gasteiger partial charge in [-0.25, -0.2) is 4.79 Å². The summed E-state index contributed by atoms with van der Waals surface area (Å²) in [7, 11) is 0. The van der Waals surface area contributed by atoms with E-state index in [4.69, 9.17) is 0 Å². The van der Waals surface area contributed by atoms with Crippen molar-refractivity contribution in [2.45, 2.75) is 38.4 Å². The number of amides is 4. The average Bonchev–Trinajstić information content (AvgIpc) is 2.77. The van der Waals surface area contributed by atoms with Crippen molar-refractivity contribution in [2.75, 3.05) is 13.1 Å². The lowest BCUT2D eigenvalue weighted by molar-refractivity contribution is -0.141. The highest BCUT2D eigenvalue weighted by Crippen LogP contribution is 2.29. The van der Waals surface area contributed by atoms with Gasteiger partial charge in [-0.2, -0.15) is 13.2 Å². The Morgan fingerprint density at radius 2 is 1.81 bits per heavy atom. The van der Waals surface area contributed by atoms with E-state index in [1.165, 1.54) is 6.92 Å². The summed E-state index contributed by atoms with van der Waals surface area (Å²) in [6.07, 6.45) is -4.57. The van der Waals surface area contributed by atoms with E-state index in [1.807, 2.05) is 26.0 Å². The lowest BCUT2D eigenvalue weighted by atomic mass is 9.90. The first-order chi connectivity index (χ1) is 11.9. The topological polar surface area (TPSA) is 78.5 Å². The van der Waals surface area contributed by atoms with E-state index in [2.05, 4.69) is 5.32 Å². The normalized spacial score (nSPS) is 20.5. The quantitative estimate of drug-likeness (QED) is 0.780. The molecule has 1 aromatic rings. The van der Waals surface area contributed by atoms with Crippen LogP contribution in [0.15, 0.2) is 24.3 Å². The molecule has 26 heavy (non-hydrogen) atoms. The third-order valence-electron chi connectivity index (χ3n) is 4.22. The van der Waals surface area contributed by atoms with Gasteiger partial charge in [-0.15, -0.1) is 0 Å². The molecule has 0 saturated carbocycles. The van der Waals surface area contributed by atoms with Crippen LogP contribution in [0.2, 0.25) is 0 Å². The van der Waals surface area contributed by atoms with E-state index in [1.54, 1.807) is 17.4 Å². The fourth-order valence-corrected chi connectivity index (χ4v) is 2.64. The molecule has 1 unspecified atom stereocenters. The van der Waals surface area contributed by atoms with Gasteiger partial charge in [0.2, 0.25) is 5.91 Å². The lowest BCUT2D eigenvalue weighted by Crippen LogP contribution is -2.44. The van der Waals surface area contributed by atoms with Crippen molar-refractivity contribution in [3.05, 3.63) is 35.4 Å². The number of carbonyl (C=O) groups excluding carboxylic acids is 3. The number of hydrogen-bond donors (Lipinski definition) is 2. The van der Waals surface area contributed by atoms with Crippen LogP contribution in [0, 0.1) is 0 Å². The molecule has 2 N–H and O–H groups in total. The minimum Gasteiger partial charge on any atom is -0.345 e. The van der Waals surface area contributed by atoms with E-state index >= 15 is 0 Å². The van der Waals surface area contributed by atoms with Gasteiger partial charge in [0.1, 0.15) is 18.6 Å². The second-order valence-corrected chi connectivity index (χ2v) is 6.62. The molecule has 1 saturated heterocycles. The summed E-state index contributed by atoms with van der Waals surface area (Å²) < 4.78 is 36.4. The number of benzene rings is 1. The fourth-order valence-electron chi connectivity index (χ4n) is 2.64. The number of hydrogen-bond acceptors (Lipinski definition) is 3. The smallest absolute Gasteiger partial charge is 0.345 e. The maximum atomic E-state index is 12.6. The number of alkyl halides is 3. The molecule has 1 atom stereocenters. The number of imide groups is 1. The third-order valence-corrected chi connectivity index (χ3v) is 4.22. The number of rotatable bonds is 5. The van der Waals surface area contributed by atoms with Gasteiger partial charge < -0.3 is 10.6 Å². The van der Waals surface area contributed by atoms with Gasteiger partial charge >= 0.3 is 12.2 Å². The van der Waals surface area contributed by atoms with Crippen LogP contribution in [0.3, 0.4) is 0 Å². The molecule has 9 heteroatoms. The molecule has 1 aliphatic heterocycles. The first-order valence-electron chi connectivity index (χ1n) is 8.02. The molecular weight excluding hydrogens is 351 g/mol. The Bertz CT molecular complexity index is 716. The molecular formula is C17H20F3N3O3. The first-order valence-corrected chi connectivity index (χ1v) is 8.02. The van der Waals surface area contributed by atoms with Crippen LogP contribution in [-0.2, 0) is 15.1 Å². The Balaban J connectivity index is 2.13. The standard InChI is InChI=1S/C17H20F3N3O3/c1-10(2)11-4-6-12(7-5-11)16(3)14(25)23(15(26)22-16)8-13(24)21-9-17(18,19)20/h4-7,10H,8-9H2,1-3H3,(H,21,24)(H,22,26). The van der Waals surface area contributed by atoms with Crippen LogP contribution in [0.4, 0.5) is 18.0 Å². The molecule has 1 heterocycles. The lowest BCUT2D eigenvalue weighted by Gasteiger charge is -2.22. The monoisotopic (exact) mass is 371 g/mol. The van der Waals surface area contributed by atoms with E-state index < -0.39 is 42.7 Å². The summed E-state index contributed by atoms with van der Waals surface area (Å²) in [5, 5.41) is 4.15. The molecule has 6 nitrogen and oxygen atoms in total. The number of nitrogens with one attached hydrogen (secondary N) is 2. The first kappa shape index (κ1) is 19.7. The van der Waals surface area contributed by atoms with Crippen LogP contribution in [-0.4, -0.2) is 42.0 Å². The van der Waals surface area contributed by atoms with Gasteiger partial charge in [0.25, 0.3) is 5.91 Å². The second kappa shape index (κ2) is 6.97. The van der Waals surface area contributed by atoms with E-state index in [9.17, 15) is 27.6 Å². The molecule has 0 aromatic heterocycles. The molecule has 0 radical (unpaired) electrons. The molecule has 4 amide bonds. The zero-order valence-corrected chi connectivity index (χ0v) is 14.6. The van der Waals surface area contributed by atoms with Crippen LogP contribution >= 0.6 is 0 Å². The van der Waals surface area contributed by atoms with E-state index in [-0.39, 0.29) is 0 Å². The molecule has 1 aromatic carbocycles. The molecule has 0 spiro atoms. The summed E-state index contributed by atoms with van der Waals surface area (Å²) in [4.78, 5) is 36.9. The minimum atomic E-state index is -4.57. The van der Waals surface area contributed by atoms with E-state index in [0.29, 0.717) is 16.4 Å². The largest absolute Gasteiger partial charge is 0.405 e. The van der Waals surface area contributed by atoms with Crippen molar-refractivity contribution in [2.24, 2.45) is 0 Å². The number of halogens is 3. The van der Waals surface area contributed by atoms with Crippen LogP contribution < -0.4 is 10.6 Å². The highest BCUT2D eigenvalue weighted by Gasteiger charge is 2.49. The van der Waals surface area contributed by atoms with Gasteiger partial charge in [0.05, 0.1) is 0 Å². The van der Waals surface area contributed by atoms with Gasteiger partial charge in [-0.05, 0) is 24.0 Å². The Kier molecular flexibility index (Phi) is 5.29. The summed E-state index contributed by atoms with van der Waals surface area (Å²) >= 11 is 0. The maximum absolute atomic E-state index is 12.6. The highest BCUT2D eigenvalue weighted by atomic mass is 19.4. The fraction of sp³-hybridized carbons (Fsp3) is 0.471. The van der Waals surface area contributed by atoms with Gasteiger partial charge in [-0.3, -0.25) is 14.5 Å². The molecule has 1 aliphatic rings. The Morgan fingerprint density at radius 3 is 2.31 bits per heavy atom. The average molecular weight is 371 g/mol. The summed E-state index contributed by atoms with van der Waals surface area (Å²) in [5.41, 5.74) is 0.202. The molecule has 2 rings (SSSR count). The number of carbonyl (C=O) groups is 3. The van der Waals surface area contributed by atoms with Crippen molar-refractivity contribution in [1.82, 2.24) is 15.5 Å². The van der Waals surface area contributed by atoms with Crippen LogP contribution in [0.1, 0.15) is 37.8 Å². The second-order valence-electron chi connectivity index (χ2n) is 6.62. The maximum Gasteiger partial charge on any atom is 0.405 e. The summed E-state index contributed by atoms with van der Waals surface area (Å²) in [6.45, 7) is 3.22. The Hall–Kier alpha value is -2.58. The molecule has 142 valence electrons. The van der Waals surface area contributed by atoms with Crippen LogP contribution in [0.5, 0.6) is 0 Å². The van der Waals surface area contributed by atoms with E-state index in [0.717, 1.165) is 5.56 Å². The Labute approximate surface area is 148 Å². The zero-order chi connectivity index (χ0) is 19.7. The summed E-state index contributed by atoms with van der Waals surface area (Å²) in [6, 6.07) is 6.27.